The van der Waals surface area contributed by atoms with Gasteiger partial charge in [-0.05, 0) is 39.0 Å². The zero-order valence-corrected chi connectivity index (χ0v) is 13.2. The number of carbonyl (C=O) groups excluding carboxylic acids is 1. The number of hydrogen-bond acceptors (Lipinski definition) is 5. The highest BCUT2D eigenvalue weighted by Gasteiger charge is 2.19. The first-order valence-electron chi connectivity index (χ1n) is 6.99. The third-order valence-electron chi connectivity index (χ3n) is 2.98. The summed E-state index contributed by atoms with van der Waals surface area (Å²) in [6.45, 7) is 5.35. The number of benzene rings is 1. The molecule has 0 saturated carbocycles. The number of pyridine rings is 1. The number of aromatic nitrogens is 1. The van der Waals surface area contributed by atoms with Crippen LogP contribution < -0.4 is 5.73 Å². The van der Waals surface area contributed by atoms with E-state index in [2.05, 4.69) is 4.98 Å². The first-order chi connectivity index (χ1) is 10.7. The van der Waals surface area contributed by atoms with Crippen molar-refractivity contribution in [3.63, 3.8) is 0 Å². The lowest BCUT2D eigenvalue weighted by atomic mass is 10.0. The van der Waals surface area contributed by atoms with Gasteiger partial charge in [-0.25, -0.2) is 9.59 Å². The van der Waals surface area contributed by atoms with Gasteiger partial charge in [0.15, 0.2) is 0 Å². The van der Waals surface area contributed by atoms with Gasteiger partial charge in [-0.15, -0.1) is 0 Å². The number of nitrogens with two attached hydrogens (primary N) is 1. The smallest absolute Gasteiger partial charge is 0.338 e. The van der Waals surface area contributed by atoms with Crippen LogP contribution in [0.3, 0.4) is 0 Å². The quantitative estimate of drug-likeness (QED) is 0.667. The molecule has 2 rings (SSSR count). The third-order valence-corrected chi connectivity index (χ3v) is 2.98. The van der Waals surface area contributed by atoms with Crippen LogP contribution in [0.5, 0.6) is 0 Å². The van der Waals surface area contributed by atoms with Crippen molar-refractivity contribution < 1.29 is 19.4 Å². The van der Waals surface area contributed by atoms with E-state index in [0.717, 1.165) is 0 Å². The highest BCUT2D eigenvalue weighted by Crippen LogP contribution is 2.27. The highest BCUT2D eigenvalue weighted by atomic mass is 16.6. The second-order valence-corrected chi connectivity index (χ2v) is 6.07. The van der Waals surface area contributed by atoms with Crippen LogP contribution in [0.2, 0.25) is 0 Å². The van der Waals surface area contributed by atoms with Crippen LogP contribution in [0.4, 0.5) is 5.69 Å². The fourth-order valence-corrected chi connectivity index (χ4v) is 1.99. The van der Waals surface area contributed by atoms with E-state index in [4.69, 9.17) is 15.6 Å². The largest absolute Gasteiger partial charge is 0.478 e. The van der Waals surface area contributed by atoms with Crippen molar-refractivity contribution in [1.29, 1.82) is 0 Å². The average molecular weight is 314 g/mol. The Kier molecular flexibility index (Phi) is 4.36. The monoisotopic (exact) mass is 314 g/mol. The van der Waals surface area contributed by atoms with Crippen molar-refractivity contribution in [3.8, 4) is 11.1 Å². The molecule has 1 aromatic heterocycles. The van der Waals surface area contributed by atoms with Crippen molar-refractivity contribution in [2.24, 2.45) is 0 Å². The minimum atomic E-state index is -1.07. The van der Waals surface area contributed by atoms with Gasteiger partial charge in [-0.2, -0.15) is 0 Å². The molecule has 1 heterocycles. The van der Waals surface area contributed by atoms with Crippen LogP contribution in [0, 0.1) is 0 Å². The van der Waals surface area contributed by atoms with Crippen molar-refractivity contribution >= 4 is 17.6 Å². The number of anilines is 1. The van der Waals surface area contributed by atoms with Crippen LogP contribution in [0.25, 0.3) is 11.1 Å². The Morgan fingerprint density at radius 1 is 1.13 bits per heavy atom. The number of carboxylic acid groups (broad SMARTS) is 1. The Morgan fingerprint density at radius 2 is 1.83 bits per heavy atom. The second-order valence-electron chi connectivity index (χ2n) is 6.07. The molecule has 1 aromatic carbocycles. The predicted molar refractivity (Wildman–Crippen MR) is 86.2 cm³/mol. The van der Waals surface area contributed by atoms with Crippen LogP contribution in [-0.2, 0) is 4.74 Å². The summed E-state index contributed by atoms with van der Waals surface area (Å²) in [5.41, 5.74) is 7.33. The lowest BCUT2D eigenvalue weighted by molar-refractivity contribution is 0.00694. The molecule has 0 saturated heterocycles. The molecule has 0 bridgehead atoms. The number of hydrogen-bond donors (Lipinski definition) is 2. The van der Waals surface area contributed by atoms with Gasteiger partial charge in [-0.1, -0.05) is 6.07 Å². The van der Waals surface area contributed by atoms with E-state index in [9.17, 15) is 9.59 Å². The maximum atomic E-state index is 12.0. The Hall–Kier alpha value is -2.89. The van der Waals surface area contributed by atoms with Crippen molar-refractivity contribution in [2.75, 3.05) is 5.73 Å². The lowest BCUT2D eigenvalue weighted by Crippen LogP contribution is -2.23. The molecule has 0 amide bonds. The molecule has 2 aromatic rings. The molecule has 0 unspecified atom stereocenters. The van der Waals surface area contributed by atoms with E-state index in [1.54, 1.807) is 32.9 Å². The SMILES string of the molecule is CC(C)(C)OC(=O)c1ccc(-c2cncc(C(=O)O)c2)c(N)c1. The van der Waals surface area contributed by atoms with Gasteiger partial charge < -0.3 is 15.6 Å². The summed E-state index contributed by atoms with van der Waals surface area (Å²) in [6.07, 6.45) is 2.78. The summed E-state index contributed by atoms with van der Waals surface area (Å²) in [4.78, 5) is 27.0. The molecule has 23 heavy (non-hydrogen) atoms. The minimum Gasteiger partial charge on any atom is -0.478 e. The van der Waals surface area contributed by atoms with Gasteiger partial charge in [0.05, 0.1) is 11.1 Å². The first kappa shape index (κ1) is 16.5. The second kappa shape index (κ2) is 6.08. The Labute approximate surface area is 133 Å². The number of nitrogens with zero attached hydrogens (tertiary/aromatic N) is 1. The number of rotatable bonds is 3. The van der Waals surface area contributed by atoms with E-state index >= 15 is 0 Å². The van der Waals surface area contributed by atoms with Gasteiger partial charge in [0.2, 0.25) is 0 Å². The fraction of sp³-hybridized carbons (Fsp3) is 0.235. The number of carbonyl (C=O) groups is 2. The maximum Gasteiger partial charge on any atom is 0.338 e. The molecule has 0 atom stereocenters. The summed E-state index contributed by atoms with van der Waals surface area (Å²) in [7, 11) is 0. The van der Waals surface area contributed by atoms with E-state index in [1.807, 2.05) is 0 Å². The molecule has 0 radical (unpaired) electrons. The minimum absolute atomic E-state index is 0.0677. The van der Waals surface area contributed by atoms with E-state index in [1.165, 1.54) is 24.5 Å². The van der Waals surface area contributed by atoms with Gasteiger partial charge >= 0.3 is 11.9 Å². The maximum absolute atomic E-state index is 12.0. The molecular formula is C17H18N2O4. The normalized spacial score (nSPS) is 11.1. The molecule has 0 fully saturated rings. The van der Waals surface area contributed by atoms with Crippen LogP contribution in [0.15, 0.2) is 36.7 Å². The van der Waals surface area contributed by atoms with Crippen molar-refractivity contribution in [2.45, 2.75) is 26.4 Å². The number of esters is 1. The molecule has 0 aliphatic heterocycles. The molecule has 3 N–H and O–H groups in total. The highest BCUT2D eigenvalue weighted by molar-refractivity contribution is 5.94. The third kappa shape index (κ3) is 4.06. The molecular weight excluding hydrogens is 296 g/mol. The van der Waals surface area contributed by atoms with Gasteiger partial charge in [-0.3, -0.25) is 4.98 Å². The van der Waals surface area contributed by atoms with Gasteiger partial charge in [0.25, 0.3) is 0 Å². The predicted octanol–water partition coefficient (Wildman–Crippen LogP) is 2.98. The van der Waals surface area contributed by atoms with Crippen molar-refractivity contribution in [1.82, 2.24) is 4.98 Å². The average Bonchev–Trinajstić information content (AvgIpc) is 2.45. The van der Waals surface area contributed by atoms with Crippen LogP contribution >= 0.6 is 0 Å². The van der Waals surface area contributed by atoms with E-state index in [0.29, 0.717) is 22.4 Å². The summed E-state index contributed by atoms with van der Waals surface area (Å²) in [5.74, 6) is -1.53. The zero-order chi connectivity index (χ0) is 17.2. The topological polar surface area (TPSA) is 103 Å². The van der Waals surface area contributed by atoms with Gasteiger partial charge in [0.1, 0.15) is 5.60 Å². The van der Waals surface area contributed by atoms with Crippen molar-refractivity contribution in [3.05, 3.63) is 47.8 Å². The molecule has 6 heteroatoms. The molecule has 0 aliphatic carbocycles. The van der Waals surface area contributed by atoms with Crippen LogP contribution in [0.1, 0.15) is 41.5 Å². The fourth-order valence-electron chi connectivity index (χ4n) is 1.99. The Balaban J connectivity index is 2.35. The molecule has 0 aliphatic rings. The van der Waals surface area contributed by atoms with Crippen LogP contribution in [-0.4, -0.2) is 27.6 Å². The Bertz CT molecular complexity index is 763. The summed E-state index contributed by atoms with van der Waals surface area (Å²) in [5, 5.41) is 9.02. The molecule has 0 spiro atoms. The number of ether oxygens (including phenoxy) is 1. The lowest BCUT2D eigenvalue weighted by Gasteiger charge is -2.19. The number of carboxylic acids is 1. The van der Waals surface area contributed by atoms with Gasteiger partial charge in [0, 0.05) is 29.2 Å². The van der Waals surface area contributed by atoms with E-state index in [-0.39, 0.29) is 5.56 Å². The summed E-state index contributed by atoms with van der Waals surface area (Å²) < 4.78 is 5.29. The summed E-state index contributed by atoms with van der Waals surface area (Å²) in [6, 6.07) is 6.23. The van der Waals surface area contributed by atoms with E-state index < -0.39 is 17.5 Å². The zero-order valence-electron chi connectivity index (χ0n) is 13.2. The molecule has 6 nitrogen and oxygen atoms in total. The summed E-state index contributed by atoms with van der Waals surface area (Å²) >= 11 is 0. The number of nitrogen functional groups attached to an aromatic ring is 1. The molecule has 120 valence electrons. The standard InChI is InChI=1S/C17H18N2O4/c1-17(2,3)23-16(22)10-4-5-13(14(18)7-10)11-6-12(15(20)21)9-19-8-11/h4-9H,18H2,1-3H3,(H,20,21). The first-order valence-corrected chi connectivity index (χ1v) is 6.99. The Morgan fingerprint density at radius 3 is 2.39 bits per heavy atom. The number of aromatic carboxylic acids is 1.